The maximum atomic E-state index is 13.1. The van der Waals surface area contributed by atoms with E-state index in [1.165, 1.54) is 6.07 Å². The molecule has 2 rings (SSSR count). The number of benzene rings is 2. The van der Waals surface area contributed by atoms with Crippen LogP contribution in [0.2, 0.25) is 0 Å². The fourth-order valence-electron chi connectivity index (χ4n) is 1.62. The summed E-state index contributed by atoms with van der Waals surface area (Å²) in [6.07, 6.45) is 0. The van der Waals surface area contributed by atoms with Crippen molar-refractivity contribution in [1.29, 1.82) is 5.26 Å². The Morgan fingerprint density at radius 3 is 2.74 bits per heavy atom. The van der Waals surface area contributed by atoms with Crippen LogP contribution in [0.25, 0.3) is 0 Å². The maximum Gasteiger partial charge on any atom is 0.137 e. The zero-order valence-corrected chi connectivity index (χ0v) is 11.9. The molecule has 4 heteroatoms. The van der Waals surface area contributed by atoms with E-state index in [1.54, 1.807) is 24.3 Å². The molecule has 0 amide bonds. The zero-order valence-electron chi connectivity index (χ0n) is 10.3. The van der Waals surface area contributed by atoms with Crippen molar-refractivity contribution in [3.8, 4) is 11.8 Å². The third-order valence-corrected chi connectivity index (χ3v) is 3.30. The summed E-state index contributed by atoms with van der Waals surface area (Å²) >= 11 is 3.14. The quantitative estimate of drug-likeness (QED) is 0.842. The van der Waals surface area contributed by atoms with Gasteiger partial charge < -0.3 is 4.74 Å². The highest BCUT2D eigenvalue weighted by molar-refractivity contribution is 9.10. The van der Waals surface area contributed by atoms with Crippen LogP contribution in [0.3, 0.4) is 0 Å². The first-order valence-corrected chi connectivity index (χ1v) is 6.47. The molecule has 0 aliphatic heterocycles. The van der Waals surface area contributed by atoms with Gasteiger partial charge in [-0.3, -0.25) is 0 Å². The zero-order chi connectivity index (χ0) is 13.8. The molecule has 0 aliphatic carbocycles. The third-order valence-electron chi connectivity index (χ3n) is 2.70. The van der Waals surface area contributed by atoms with E-state index in [0.717, 1.165) is 11.1 Å². The Balaban J connectivity index is 2.14. The Bertz CT molecular complexity index is 649. The molecule has 0 spiro atoms. The lowest BCUT2D eigenvalue weighted by Gasteiger charge is -2.10. The Labute approximate surface area is 119 Å². The number of hydrogen-bond donors (Lipinski definition) is 0. The molecule has 2 aromatic rings. The summed E-state index contributed by atoms with van der Waals surface area (Å²) in [4.78, 5) is 0. The summed E-state index contributed by atoms with van der Waals surface area (Å²) in [6.45, 7) is 2.24. The summed E-state index contributed by atoms with van der Waals surface area (Å²) < 4.78 is 19.2. The van der Waals surface area contributed by atoms with Crippen LogP contribution in [0.5, 0.6) is 5.75 Å². The van der Waals surface area contributed by atoms with Gasteiger partial charge in [0, 0.05) is 0 Å². The lowest BCUT2D eigenvalue weighted by atomic mass is 10.1. The molecule has 2 aromatic carbocycles. The van der Waals surface area contributed by atoms with Gasteiger partial charge in [0.2, 0.25) is 0 Å². The second-order valence-electron chi connectivity index (χ2n) is 4.13. The first-order chi connectivity index (χ1) is 9.10. The molecule has 0 unspecified atom stereocenters. The van der Waals surface area contributed by atoms with Gasteiger partial charge in [0.1, 0.15) is 18.2 Å². The number of nitriles is 1. The van der Waals surface area contributed by atoms with Gasteiger partial charge in [-0.1, -0.05) is 12.1 Å². The molecule has 0 atom stereocenters. The van der Waals surface area contributed by atoms with E-state index in [1.807, 2.05) is 13.0 Å². The van der Waals surface area contributed by atoms with E-state index in [4.69, 9.17) is 10.00 Å². The van der Waals surface area contributed by atoms with Crippen LogP contribution < -0.4 is 4.74 Å². The van der Waals surface area contributed by atoms with E-state index >= 15 is 0 Å². The van der Waals surface area contributed by atoms with E-state index in [0.29, 0.717) is 22.4 Å². The third kappa shape index (κ3) is 3.33. The van der Waals surface area contributed by atoms with Crippen molar-refractivity contribution in [2.24, 2.45) is 0 Å². The molecule has 0 heterocycles. The monoisotopic (exact) mass is 319 g/mol. The van der Waals surface area contributed by atoms with Crippen LogP contribution in [-0.2, 0) is 6.61 Å². The van der Waals surface area contributed by atoms with Crippen LogP contribution >= 0.6 is 15.9 Å². The number of ether oxygens (including phenoxy) is 1. The predicted octanol–water partition coefficient (Wildman–Crippen LogP) is 4.35. The summed E-state index contributed by atoms with van der Waals surface area (Å²) in [5.74, 6) is 0.367. The van der Waals surface area contributed by atoms with Gasteiger partial charge >= 0.3 is 0 Å². The minimum Gasteiger partial charge on any atom is -0.489 e. The van der Waals surface area contributed by atoms with Crippen LogP contribution in [0.1, 0.15) is 16.7 Å². The highest BCUT2D eigenvalue weighted by atomic mass is 79.9. The number of hydrogen-bond acceptors (Lipinski definition) is 2. The summed E-state index contributed by atoms with van der Waals surface area (Å²) in [5, 5.41) is 8.85. The van der Waals surface area contributed by atoms with Crippen molar-refractivity contribution in [2.45, 2.75) is 13.5 Å². The smallest absolute Gasteiger partial charge is 0.137 e. The SMILES string of the molecule is Cc1ccc(C#N)cc1OCc1ccc(F)c(Br)c1. The lowest BCUT2D eigenvalue weighted by Crippen LogP contribution is -1.98. The molecule has 0 saturated carbocycles. The lowest BCUT2D eigenvalue weighted by molar-refractivity contribution is 0.304. The molecular weight excluding hydrogens is 309 g/mol. The Morgan fingerprint density at radius 2 is 2.05 bits per heavy atom. The summed E-state index contributed by atoms with van der Waals surface area (Å²) in [7, 11) is 0. The molecular formula is C15H11BrFNO. The molecule has 0 aliphatic rings. The number of halogens is 2. The molecule has 0 saturated heterocycles. The maximum absolute atomic E-state index is 13.1. The molecule has 96 valence electrons. The van der Waals surface area contributed by atoms with E-state index in [-0.39, 0.29) is 5.82 Å². The Morgan fingerprint density at radius 1 is 1.26 bits per heavy atom. The average Bonchev–Trinajstić information content (AvgIpc) is 2.41. The van der Waals surface area contributed by atoms with Gasteiger partial charge in [-0.25, -0.2) is 4.39 Å². The molecule has 0 N–H and O–H groups in total. The molecule has 0 aromatic heterocycles. The topological polar surface area (TPSA) is 33.0 Å². The molecule has 0 fully saturated rings. The highest BCUT2D eigenvalue weighted by Crippen LogP contribution is 2.22. The molecule has 2 nitrogen and oxygen atoms in total. The molecule has 0 radical (unpaired) electrons. The van der Waals surface area contributed by atoms with Crippen LogP contribution in [-0.4, -0.2) is 0 Å². The van der Waals surface area contributed by atoms with Crippen molar-refractivity contribution < 1.29 is 9.13 Å². The van der Waals surface area contributed by atoms with Crippen LogP contribution in [0.4, 0.5) is 4.39 Å². The molecule has 19 heavy (non-hydrogen) atoms. The van der Waals surface area contributed by atoms with Crippen molar-refractivity contribution >= 4 is 15.9 Å². The predicted molar refractivity (Wildman–Crippen MR) is 74.3 cm³/mol. The van der Waals surface area contributed by atoms with Gasteiger partial charge in [-0.05, 0) is 58.2 Å². The second-order valence-corrected chi connectivity index (χ2v) is 4.98. The van der Waals surface area contributed by atoms with Crippen molar-refractivity contribution in [3.05, 3.63) is 63.4 Å². The summed E-state index contributed by atoms with van der Waals surface area (Å²) in [6, 6.07) is 12.1. The Hall–Kier alpha value is -1.86. The second kappa shape index (κ2) is 5.85. The highest BCUT2D eigenvalue weighted by Gasteiger charge is 2.04. The minimum absolute atomic E-state index is 0.300. The van der Waals surface area contributed by atoms with Crippen molar-refractivity contribution in [3.63, 3.8) is 0 Å². The average molecular weight is 320 g/mol. The van der Waals surface area contributed by atoms with Gasteiger partial charge in [-0.2, -0.15) is 5.26 Å². The van der Waals surface area contributed by atoms with Gasteiger partial charge in [0.15, 0.2) is 0 Å². The number of nitrogens with zero attached hydrogens (tertiary/aromatic N) is 1. The van der Waals surface area contributed by atoms with Crippen LogP contribution in [0.15, 0.2) is 40.9 Å². The van der Waals surface area contributed by atoms with Crippen molar-refractivity contribution in [2.75, 3.05) is 0 Å². The first kappa shape index (κ1) is 13.6. The fraction of sp³-hybridized carbons (Fsp3) is 0.133. The number of aryl methyl sites for hydroxylation is 1. The van der Waals surface area contributed by atoms with Gasteiger partial charge in [0.05, 0.1) is 16.1 Å². The summed E-state index contributed by atoms with van der Waals surface area (Å²) in [5.41, 5.74) is 2.37. The van der Waals surface area contributed by atoms with E-state index in [2.05, 4.69) is 22.0 Å². The normalized spacial score (nSPS) is 10.0. The number of rotatable bonds is 3. The largest absolute Gasteiger partial charge is 0.489 e. The minimum atomic E-state index is -0.300. The van der Waals surface area contributed by atoms with E-state index < -0.39 is 0 Å². The van der Waals surface area contributed by atoms with Gasteiger partial charge in [-0.15, -0.1) is 0 Å². The molecule has 0 bridgehead atoms. The van der Waals surface area contributed by atoms with E-state index in [9.17, 15) is 4.39 Å². The standard InChI is InChI=1S/C15H11BrFNO/c1-10-2-3-11(8-18)7-15(10)19-9-12-4-5-14(17)13(16)6-12/h2-7H,9H2,1H3. The first-order valence-electron chi connectivity index (χ1n) is 5.67. The van der Waals surface area contributed by atoms with Crippen LogP contribution in [0, 0.1) is 24.1 Å². The van der Waals surface area contributed by atoms with Gasteiger partial charge in [0.25, 0.3) is 0 Å². The van der Waals surface area contributed by atoms with Crippen molar-refractivity contribution in [1.82, 2.24) is 0 Å². The Kier molecular flexibility index (Phi) is 4.18. The fourth-order valence-corrected chi connectivity index (χ4v) is 2.04.